The molecule has 1 saturated heterocycles. The van der Waals surface area contributed by atoms with Crippen molar-refractivity contribution in [3.8, 4) is 11.5 Å². The Morgan fingerprint density at radius 2 is 1.59 bits per heavy atom. The van der Waals surface area contributed by atoms with Crippen LogP contribution in [0.2, 0.25) is 0 Å². The van der Waals surface area contributed by atoms with Gasteiger partial charge >= 0.3 is 5.97 Å². The highest BCUT2D eigenvalue weighted by atomic mass is 16.7. The first-order valence-electron chi connectivity index (χ1n) is 13.7. The van der Waals surface area contributed by atoms with Gasteiger partial charge in [0, 0.05) is 17.5 Å². The summed E-state index contributed by atoms with van der Waals surface area (Å²) in [5.74, 6) is 1.19. The molecule has 0 saturated carbocycles. The van der Waals surface area contributed by atoms with E-state index in [0.717, 1.165) is 55.6 Å². The summed E-state index contributed by atoms with van der Waals surface area (Å²) in [4.78, 5) is 13.2. The van der Waals surface area contributed by atoms with Crippen LogP contribution in [-0.4, -0.2) is 31.8 Å². The molecule has 0 bridgehead atoms. The summed E-state index contributed by atoms with van der Waals surface area (Å²) in [6.45, 7) is 13.2. The zero-order valence-electron chi connectivity index (χ0n) is 23.4. The van der Waals surface area contributed by atoms with Gasteiger partial charge in [-0.2, -0.15) is 0 Å². The van der Waals surface area contributed by atoms with Crippen LogP contribution in [0.4, 0.5) is 0 Å². The third-order valence-electron chi connectivity index (χ3n) is 7.10. The molecule has 37 heavy (non-hydrogen) atoms. The van der Waals surface area contributed by atoms with Crippen LogP contribution in [-0.2, 0) is 24.6 Å². The highest BCUT2D eigenvalue weighted by Gasteiger charge is 2.38. The van der Waals surface area contributed by atoms with E-state index < -0.39 is 11.0 Å². The van der Waals surface area contributed by atoms with Crippen LogP contribution in [0.1, 0.15) is 91.2 Å². The van der Waals surface area contributed by atoms with E-state index in [2.05, 4.69) is 6.92 Å². The Labute approximate surface area is 222 Å². The van der Waals surface area contributed by atoms with Gasteiger partial charge in [-0.1, -0.05) is 44.5 Å². The zero-order valence-corrected chi connectivity index (χ0v) is 23.4. The number of carbonyl (C=O) groups excluding carboxylic acids is 1. The lowest BCUT2D eigenvalue weighted by Crippen LogP contribution is -2.36. The molecular weight excluding hydrogens is 468 g/mol. The van der Waals surface area contributed by atoms with Crippen molar-refractivity contribution in [1.29, 1.82) is 0 Å². The topological polar surface area (TPSA) is 63.2 Å². The summed E-state index contributed by atoms with van der Waals surface area (Å²) in [7, 11) is 0. The van der Waals surface area contributed by atoms with Crippen molar-refractivity contribution in [1.82, 2.24) is 0 Å². The number of hydrogen-bond donors (Lipinski definition) is 0. The Morgan fingerprint density at radius 1 is 0.973 bits per heavy atom. The average molecular weight is 513 g/mol. The van der Waals surface area contributed by atoms with E-state index in [-0.39, 0.29) is 18.5 Å². The smallest absolute Gasteiger partial charge is 0.312 e. The van der Waals surface area contributed by atoms with Crippen LogP contribution < -0.4 is 9.47 Å². The van der Waals surface area contributed by atoms with Gasteiger partial charge in [0.1, 0.15) is 11.5 Å². The fourth-order valence-corrected chi connectivity index (χ4v) is 4.03. The number of unbranched alkanes of at least 4 members (excludes halogenated alkanes) is 1. The first-order valence-corrected chi connectivity index (χ1v) is 13.7. The molecule has 2 aromatic rings. The Kier molecular flexibility index (Phi) is 10.4. The number of hydrogen-bond acceptors (Lipinski definition) is 6. The molecule has 0 N–H and O–H groups in total. The molecule has 3 unspecified atom stereocenters. The van der Waals surface area contributed by atoms with Gasteiger partial charge in [-0.05, 0) is 77.6 Å². The maximum atomic E-state index is 13.2. The van der Waals surface area contributed by atoms with Crippen LogP contribution >= 0.6 is 0 Å². The highest BCUT2D eigenvalue weighted by Crippen LogP contribution is 2.38. The van der Waals surface area contributed by atoms with Gasteiger partial charge in [0.15, 0.2) is 18.2 Å². The van der Waals surface area contributed by atoms with Gasteiger partial charge < -0.3 is 23.7 Å². The predicted molar refractivity (Wildman–Crippen MR) is 145 cm³/mol. The van der Waals surface area contributed by atoms with Crippen LogP contribution in [0.15, 0.2) is 48.5 Å². The zero-order chi connectivity index (χ0) is 26.9. The van der Waals surface area contributed by atoms with E-state index in [4.69, 9.17) is 23.7 Å². The molecule has 3 rings (SSSR count). The monoisotopic (exact) mass is 512 g/mol. The van der Waals surface area contributed by atoms with E-state index in [0.29, 0.717) is 18.8 Å². The second kappa shape index (κ2) is 13.3. The summed E-state index contributed by atoms with van der Waals surface area (Å²) < 4.78 is 29.6. The molecular formula is C31H44O6. The summed E-state index contributed by atoms with van der Waals surface area (Å²) in [6, 6.07) is 15.4. The lowest BCUT2D eigenvalue weighted by Gasteiger charge is -2.34. The predicted octanol–water partition coefficient (Wildman–Crippen LogP) is 7.38. The van der Waals surface area contributed by atoms with Crippen molar-refractivity contribution in [2.45, 2.75) is 98.2 Å². The number of esters is 1. The number of carbonyl (C=O) groups is 1. The molecule has 6 heteroatoms. The Bertz CT molecular complexity index is 962. The van der Waals surface area contributed by atoms with E-state index in [9.17, 15) is 4.79 Å². The Balaban J connectivity index is 1.82. The Morgan fingerprint density at radius 3 is 2.14 bits per heavy atom. The SMILES string of the molecule is CCCCOC(C)Oc1ccc(C(C)(OC(=O)C(C)(C)CC)c2ccc(OC3CCCCO3)cc2)cc1. The number of ether oxygens (including phenoxy) is 5. The maximum Gasteiger partial charge on any atom is 0.312 e. The van der Waals surface area contributed by atoms with Crippen molar-refractivity contribution in [3.05, 3.63) is 59.7 Å². The van der Waals surface area contributed by atoms with E-state index in [1.54, 1.807) is 0 Å². The van der Waals surface area contributed by atoms with E-state index in [1.807, 2.05) is 83.1 Å². The molecule has 0 spiro atoms. The summed E-state index contributed by atoms with van der Waals surface area (Å²) in [5.41, 5.74) is 0.112. The largest absolute Gasteiger partial charge is 0.465 e. The van der Waals surface area contributed by atoms with Crippen LogP contribution in [0.3, 0.4) is 0 Å². The van der Waals surface area contributed by atoms with Gasteiger partial charge in [0.2, 0.25) is 0 Å². The van der Waals surface area contributed by atoms with Crippen molar-refractivity contribution < 1.29 is 28.5 Å². The van der Waals surface area contributed by atoms with Gasteiger partial charge in [-0.25, -0.2) is 0 Å². The molecule has 0 aliphatic carbocycles. The van der Waals surface area contributed by atoms with Gasteiger partial charge in [0.05, 0.1) is 18.6 Å². The maximum absolute atomic E-state index is 13.2. The molecule has 0 amide bonds. The first-order chi connectivity index (χ1) is 17.7. The minimum absolute atomic E-state index is 0.213. The second-order valence-electron chi connectivity index (χ2n) is 10.5. The van der Waals surface area contributed by atoms with Crippen LogP contribution in [0.25, 0.3) is 0 Å². The fourth-order valence-electron chi connectivity index (χ4n) is 4.03. The summed E-state index contributed by atoms with van der Waals surface area (Å²) in [6.07, 6.45) is 5.27. The molecule has 1 aliphatic rings. The van der Waals surface area contributed by atoms with Gasteiger partial charge in [-0.3, -0.25) is 4.79 Å². The summed E-state index contributed by atoms with van der Waals surface area (Å²) >= 11 is 0. The third-order valence-corrected chi connectivity index (χ3v) is 7.10. The van der Waals surface area contributed by atoms with Crippen molar-refractivity contribution in [2.75, 3.05) is 13.2 Å². The minimum atomic E-state index is -0.995. The van der Waals surface area contributed by atoms with E-state index >= 15 is 0 Å². The van der Waals surface area contributed by atoms with Crippen molar-refractivity contribution >= 4 is 5.97 Å². The molecule has 204 valence electrons. The van der Waals surface area contributed by atoms with Gasteiger partial charge in [0.25, 0.3) is 0 Å². The molecule has 0 aromatic heterocycles. The fraction of sp³-hybridized carbons (Fsp3) is 0.581. The van der Waals surface area contributed by atoms with Gasteiger partial charge in [-0.15, -0.1) is 0 Å². The van der Waals surface area contributed by atoms with Crippen molar-refractivity contribution in [2.24, 2.45) is 5.41 Å². The third kappa shape index (κ3) is 7.96. The summed E-state index contributed by atoms with van der Waals surface area (Å²) in [5, 5.41) is 0. The minimum Gasteiger partial charge on any atom is -0.465 e. The van der Waals surface area contributed by atoms with Crippen molar-refractivity contribution in [3.63, 3.8) is 0 Å². The molecule has 2 aromatic carbocycles. The number of benzene rings is 2. The normalized spacial score (nSPS) is 18.5. The first kappa shape index (κ1) is 29.0. The Hall–Kier alpha value is -2.57. The second-order valence-corrected chi connectivity index (χ2v) is 10.5. The standard InChI is InChI=1S/C31H44O6/c1-7-9-21-33-23(3)35-26-17-13-24(14-18-26)31(6,37-29(32)30(4,5)8-2)25-15-19-27(20-16-25)36-28-12-10-11-22-34-28/h13-20,23,28H,7-12,21-22H2,1-6H3. The molecule has 6 nitrogen and oxygen atoms in total. The van der Waals surface area contributed by atoms with Crippen LogP contribution in [0.5, 0.6) is 11.5 Å². The van der Waals surface area contributed by atoms with E-state index in [1.165, 1.54) is 0 Å². The molecule has 1 fully saturated rings. The molecule has 1 heterocycles. The number of rotatable bonds is 13. The molecule has 3 atom stereocenters. The highest BCUT2D eigenvalue weighted by molar-refractivity contribution is 5.77. The molecule has 0 radical (unpaired) electrons. The average Bonchev–Trinajstić information content (AvgIpc) is 2.90. The quantitative estimate of drug-likeness (QED) is 0.159. The lowest BCUT2D eigenvalue weighted by atomic mass is 9.86. The van der Waals surface area contributed by atoms with Crippen LogP contribution in [0, 0.1) is 5.41 Å². The molecule has 1 aliphatic heterocycles. The lowest BCUT2D eigenvalue weighted by molar-refractivity contribution is -0.166.